The number of hydrogen-bond donors (Lipinski definition) is 0. The smallest absolute Gasteiger partial charge is 0.293 e. The molecule has 0 N–H and O–H groups in total. The minimum absolute atomic E-state index is 0.211. The highest BCUT2D eigenvalue weighted by molar-refractivity contribution is 8.18. The lowest BCUT2D eigenvalue weighted by Crippen LogP contribution is -2.29. The van der Waals surface area contributed by atoms with Crippen molar-refractivity contribution in [2.75, 3.05) is 19.8 Å². The maximum absolute atomic E-state index is 12.6. The molecule has 2 aromatic rings. The van der Waals surface area contributed by atoms with E-state index in [9.17, 15) is 9.59 Å². The minimum atomic E-state index is -0.229. The summed E-state index contributed by atoms with van der Waals surface area (Å²) in [4.78, 5) is 26.6. The number of carbonyl (C=O) groups excluding carboxylic acids is 2. The summed E-state index contributed by atoms with van der Waals surface area (Å²) in [6.07, 6.45) is 3.32. The van der Waals surface area contributed by atoms with E-state index in [1.165, 1.54) is 10.5 Å². The molecule has 0 saturated carbocycles. The molecule has 6 heteroatoms. The van der Waals surface area contributed by atoms with E-state index < -0.39 is 0 Å². The fraction of sp³-hybridized carbons (Fsp3) is 0.238. The van der Waals surface area contributed by atoms with Gasteiger partial charge >= 0.3 is 0 Å². The highest BCUT2D eigenvalue weighted by Gasteiger charge is 2.34. The third-order valence-corrected chi connectivity index (χ3v) is 5.33. The molecular weight excluding hydrogens is 362 g/mol. The number of nitrogens with zero attached hydrogens (tertiary/aromatic N) is 1. The number of hydrogen-bond acceptors (Lipinski definition) is 5. The van der Waals surface area contributed by atoms with Crippen molar-refractivity contribution in [2.24, 2.45) is 0 Å². The number of rotatable bonds is 5. The molecule has 1 saturated heterocycles. The summed E-state index contributed by atoms with van der Waals surface area (Å²) in [6, 6.07) is 15.6. The van der Waals surface area contributed by atoms with E-state index in [0.717, 1.165) is 30.2 Å². The van der Waals surface area contributed by atoms with Crippen molar-refractivity contribution in [3.8, 4) is 11.5 Å². The van der Waals surface area contributed by atoms with Crippen molar-refractivity contribution in [1.29, 1.82) is 0 Å². The SMILES string of the molecule is O=C1S/C(=C/c2ccc3c(c2)OCCO3)C(=O)N1CCCc1ccccc1. The molecule has 0 aliphatic carbocycles. The monoisotopic (exact) mass is 381 g/mol. The molecule has 0 atom stereocenters. The van der Waals surface area contributed by atoms with Crippen LogP contribution < -0.4 is 9.47 Å². The number of fused-ring (bicyclic) bond motifs is 1. The number of imide groups is 1. The predicted molar refractivity (Wildman–Crippen MR) is 105 cm³/mol. The molecule has 0 radical (unpaired) electrons. The molecule has 1 fully saturated rings. The van der Waals surface area contributed by atoms with Crippen LogP contribution in [-0.4, -0.2) is 35.8 Å². The van der Waals surface area contributed by atoms with Crippen LogP contribution in [-0.2, 0) is 11.2 Å². The van der Waals surface area contributed by atoms with Crippen LogP contribution in [0.4, 0.5) is 4.79 Å². The first-order chi connectivity index (χ1) is 13.2. The standard InChI is InChI=1S/C21H19NO4S/c23-20-19(14-16-8-9-17-18(13-16)26-12-11-25-17)27-21(24)22(20)10-4-7-15-5-2-1-3-6-15/h1-3,5-6,8-9,13-14H,4,7,10-12H2/b19-14+. The van der Waals surface area contributed by atoms with Gasteiger partial charge in [0.25, 0.3) is 11.1 Å². The van der Waals surface area contributed by atoms with Gasteiger partial charge in [-0.05, 0) is 53.9 Å². The quantitative estimate of drug-likeness (QED) is 0.729. The van der Waals surface area contributed by atoms with Crippen LogP contribution >= 0.6 is 11.8 Å². The lowest BCUT2D eigenvalue weighted by molar-refractivity contribution is -0.122. The molecule has 2 heterocycles. The summed E-state index contributed by atoms with van der Waals surface area (Å²) in [7, 11) is 0. The number of carbonyl (C=O) groups is 2. The van der Waals surface area contributed by atoms with Gasteiger partial charge in [0.15, 0.2) is 11.5 Å². The van der Waals surface area contributed by atoms with Gasteiger partial charge < -0.3 is 9.47 Å². The lowest BCUT2D eigenvalue weighted by atomic mass is 10.1. The number of thioether (sulfide) groups is 1. The molecule has 2 amide bonds. The van der Waals surface area contributed by atoms with Gasteiger partial charge in [0.2, 0.25) is 0 Å². The third-order valence-electron chi connectivity index (χ3n) is 4.43. The molecule has 138 valence electrons. The average Bonchev–Trinajstić information content (AvgIpc) is 2.96. The summed E-state index contributed by atoms with van der Waals surface area (Å²) in [5.41, 5.74) is 2.02. The van der Waals surface area contributed by atoms with Gasteiger partial charge in [0.1, 0.15) is 13.2 Å². The van der Waals surface area contributed by atoms with Crippen molar-refractivity contribution in [2.45, 2.75) is 12.8 Å². The van der Waals surface area contributed by atoms with Gasteiger partial charge in [-0.15, -0.1) is 0 Å². The van der Waals surface area contributed by atoms with Crippen LogP contribution in [0.3, 0.4) is 0 Å². The van der Waals surface area contributed by atoms with E-state index in [0.29, 0.717) is 36.2 Å². The van der Waals surface area contributed by atoms with E-state index in [1.54, 1.807) is 6.08 Å². The van der Waals surface area contributed by atoms with Gasteiger partial charge in [0.05, 0.1) is 4.91 Å². The number of ether oxygens (including phenoxy) is 2. The molecule has 0 unspecified atom stereocenters. The molecule has 2 aliphatic heterocycles. The van der Waals surface area contributed by atoms with Crippen LogP contribution in [0.5, 0.6) is 11.5 Å². The van der Waals surface area contributed by atoms with Crippen LogP contribution in [0.25, 0.3) is 6.08 Å². The molecular formula is C21H19NO4S. The Kier molecular flexibility index (Phi) is 5.16. The highest BCUT2D eigenvalue weighted by Crippen LogP contribution is 2.35. The largest absolute Gasteiger partial charge is 0.486 e. The Morgan fingerprint density at radius 2 is 1.78 bits per heavy atom. The second-order valence-corrected chi connectivity index (χ2v) is 7.32. The molecule has 5 nitrogen and oxygen atoms in total. The van der Waals surface area contributed by atoms with E-state index in [4.69, 9.17) is 9.47 Å². The average molecular weight is 381 g/mol. The Morgan fingerprint density at radius 1 is 1.00 bits per heavy atom. The second kappa shape index (κ2) is 7.88. The van der Waals surface area contributed by atoms with Crippen molar-refractivity contribution in [1.82, 2.24) is 4.90 Å². The molecule has 2 aromatic carbocycles. The summed E-state index contributed by atoms with van der Waals surface area (Å²) < 4.78 is 11.1. The molecule has 27 heavy (non-hydrogen) atoms. The van der Waals surface area contributed by atoms with Crippen LogP contribution in [0.2, 0.25) is 0 Å². The van der Waals surface area contributed by atoms with Crippen LogP contribution in [0.1, 0.15) is 17.5 Å². The Balaban J connectivity index is 1.42. The Bertz CT molecular complexity index is 894. The molecule has 0 spiro atoms. The second-order valence-electron chi connectivity index (χ2n) is 6.33. The van der Waals surface area contributed by atoms with Crippen molar-refractivity contribution < 1.29 is 19.1 Å². The molecule has 0 aromatic heterocycles. The van der Waals surface area contributed by atoms with Crippen molar-refractivity contribution >= 4 is 29.0 Å². The Hall–Kier alpha value is -2.73. The molecule has 0 bridgehead atoms. The number of aryl methyl sites for hydroxylation is 1. The summed E-state index contributed by atoms with van der Waals surface area (Å²) in [6.45, 7) is 1.47. The molecule has 4 rings (SSSR count). The number of benzene rings is 2. The van der Waals surface area contributed by atoms with Gasteiger partial charge in [-0.2, -0.15) is 0 Å². The lowest BCUT2D eigenvalue weighted by Gasteiger charge is -2.18. The van der Waals surface area contributed by atoms with Crippen LogP contribution in [0.15, 0.2) is 53.4 Å². The zero-order valence-corrected chi connectivity index (χ0v) is 15.5. The predicted octanol–water partition coefficient (Wildman–Crippen LogP) is 4.13. The van der Waals surface area contributed by atoms with E-state index in [1.807, 2.05) is 36.4 Å². The van der Waals surface area contributed by atoms with Gasteiger partial charge in [-0.1, -0.05) is 36.4 Å². The van der Waals surface area contributed by atoms with Crippen molar-refractivity contribution in [3.63, 3.8) is 0 Å². The first kappa shape index (κ1) is 17.7. The van der Waals surface area contributed by atoms with E-state index in [-0.39, 0.29) is 11.1 Å². The number of amides is 2. The fourth-order valence-corrected chi connectivity index (χ4v) is 3.94. The van der Waals surface area contributed by atoms with Gasteiger partial charge in [-0.3, -0.25) is 14.5 Å². The Labute approximate surface area is 162 Å². The highest BCUT2D eigenvalue weighted by atomic mass is 32.2. The van der Waals surface area contributed by atoms with Gasteiger partial charge in [-0.25, -0.2) is 0 Å². The maximum atomic E-state index is 12.6. The summed E-state index contributed by atoms with van der Waals surface area (Å²) >= 11 is 0.987. The summed E-state index contributed by atoms with van der Waals surface area (Å²) in [5, 5.41) is -0.211. The first-order valence-corrected chi connectivity index (χ1v) is 9.71. The van der Waals surface area contributed by atoms with E-state index in [2.05, 4.69) is 12.1 Å². The molecule has 2 aliphatic rings. The zero-order chi connectivity index (χ0) is 18.6. The fourth-order valence-electron chi connectivity index (χ4n) is 3.08. The Morgan fingerprint density at radius 3 is 2.59 bits per heavy atom. The zero-order valence-electron chi connectivity index (χ0n) is 14.7. The third kappa shape index (κ3) is 4.01. The van der Waals surface area contributed by atoms with Gasteiger partial charge in [0, 0.05) is 6.54 Å². The normalized spacial score (nSPS) is 17.6. The maximum Gasteiger partial charge on any atom is 0.293 e. The van der Waals surface area contributed by atoms with E-state index >= 15 is 0 Å². The minimum Gasteiger partial charge on any atom is -0.486 e. The van der Waals surface area contributed by atoms with Crippen molar-refractivity contribution in [3.05, 3.63) is 64.6 Å². The first-order valence-electron chi connectivity index (χ1n) is 8.90. The van der Waals surface area contributed by atoms with Crippen LogP contribution in [0, 0.1) is 0 Å². The summed E-state index contributed by atoms with van der Waals surface area (Å²) in [5.74, 6) is 1.14. The topological polar surface area (TPSA) is 55.8 Å².